The molecule has 0 bridgehead atoms. The lowest BCUT2D eigenvalue weighted by molar-refractivity contribution is 0.475. The van der Waals surface area contributed by atoms with E-state index in [2.05, 4.69) is 0 Å². The van der Waals surface area contributed by atoms with Crippen LogP contribution in [-0.2, 0) is 12.8 Å². The minimum absolute atomic E-state index is 0.249. The van der Waals surface area contributed by atoms with Gasteiger partial charge in [-0.2, -0.15) is 0 Å². The van der Waals surface area contributed by atoms with Crippen LogP contribution >= 0.6 is 0 Å². The highest BCUT2D eigenvalue weighted by Crippen LogP contribution is 2.37. The maximum Gasteiger partial charge on any atom is 0.115 e. The normalized spacial score (nSPS) is 13.7. The van der Waals surface area contributed by atoms with Gasteiger partial charge in [-0.25, -0.2) is 4.98 Å². The van der Waals surface area contributed by atoms with Crippen LogP contribution in [0, 0.1) is 5.41 Å². The number of hydrogen-bond donors (Lipinski definition) is 3. The predicted molar refractivity (Wildman–Crippen MR) is 97.8 cm³/mol. The van der Waals surface area contributed by atoms with E-state index in [1.54, 1.807) is 12.1 Å². The topological polar surface area (TPSA) is 83.0 Å². The first-order chi connectivity index (χ1) is 11.7. The van der Waals surface area contributed by atoms with E-state index in [4.69, 9.17) is 16.1 Å². The van der Waals surface area contributed by atoms with Gasteiger partial charge in [-0.15, -0.1) is 0 Å². The van der Waals surface area contributed by atoms with Gasteiger partial charge in [-0.1, -0.05) is 12.1 Å². The van der Waals surface area contributed by atoms with Gasteiger partial charge in [0.1, 0.15) is 5.75 Å². The van der Waals surface area contributed by atoms with Crippen LogP contribution in [0.5, 0.6) is 5.75 Å². The van der Waals surface area contributed by atoms with Crippen molar-refractivity contribution in [3.05, 3.63) is 53.1 Å². The van der Waals surface area contributed by atoms with E-state index in [0.717, 1.165) is 35.0 Å². The highest BCUT2D eigenvalue weighted by atomic mass is 16.3. The maximum absolute atomic E-state index is 9.56. The Bertz CT molecular complexity index is 945. The first kappa shape index (κ1) is 14.7. The summed E-state index contributed by atoms with van der Waals surface area (Å²) in [5.74, 6) is 0.249. The van der Waals surface area contributed by atoms with E-state index in [1.807, 2.05) is 24.3 Å². The van der Waals surface area contributed by atoms with Crippen LogP contribution in [0.2, 0.25) is 0 Å². The SMILES string of the molecule is N=Cc1ccc2c3c(c(-c4ccc(O)cc4)nc2c1N)CCCC3. The Balaban J connectivity index is 2.07. The molecule has 1 heterocycles. The van der Waals surface area contributed by atoms with Crippen LogP contribution in [0.25, 0.3) is 22.2 Å². The Morgan fingerprint density at radius 1 is 1.00 bits per heavy atom. The van der Waals surface area contributed by atoms with Crippen LogP contribution in [-0.4, -0.2) is 16.3 Å². The zero-order chi connectivity index (χ0) is 16.7. The summed E-state index contributed by atoms with van der Waals surface area (Å²) < 4.78 is 0. The number of phenols is 1. The van der Waals surface area contributed by atoms with Crippen LogP contribution in [0.15, 0.2) is 36.4 Å². The van der Waals surface area contributed by atoms with Crippen molar-refractivity contribution >= 4 is 22.8 Å². The molecule has 0 saturated heterocycles. The molecule has 0 spiro atoms. The number of benzene rings is 2. The largest absolute Gasteiger partial charge is 0.508 e. The number of fused-ring (bicyclic) bond motifs is 3. The molecule has 0 amide bonds. The van der Waals surface area contributed by atoms with Crippen molar-refractivity contribution in [2.24, 2.45) is 0 Å². The van der Waals surface area contributed by atoms with Gasteiger partial charge in [0, 0.05) is 22.7 Å². The third kappa shape index (κ3) is 2.22. The van der Waals surface area contributed by atoms with Gasteiger partial charge in [-0.3, -0.25) is 0 Å². The van der Waals surface area contributed by atoms with E-state index in [0.29, 0.717) is 11.3 Å². The molecule has 0 radical (unpaired) electrons. The van der Waals surface area contributed by atoms with E-state index < -0.39 is 0 Å². The number of aromatic hydroxyl groups is 1. The molecule has 4 rings (SSSR count). The fraction of sp³-hybridized carbons (Fsp3) is 0.200. The van der Waals surface area contributed by atoms with E-state index in [1.165, 1.54) is 30.2 Å². The quantitative estimate of drug-likeness (QED) is 0.492. The summed E-state index contributed by atoms with van der Waals surface area (Å²) in [6.45, 7) is 0. The zero-order valence-corrected chi connectivity index (χ0v) is 13.3. The number of phenolic OH excluding ortho intramolecular Hbond substituents is 1. The van der Waals surface area contributed by atoms with Crippen molar-refractivity contribution in [3.8, 4) is 17.0 Å². The monoisotopic (exact) mass is 317 g/mol. The van der Waals surface area contributed by atoms with Gasteiger partial charge < -0.3 is 16.2 Å². The van der Waals surface area contributed by atoms with E-state index in [-0.39, 0.29) is 5.75 Å². The van der Waals surface area contributed by atoms with Gasteiger partial charge in [0.2, 0.25) is 0 Å². The summed E-state index contributed by atoms with van der Waals surface area (Å²) in [7, 11) is 0. The lowest BCUT2D eigenvalue weighted by Crippen LogP contribution is -2.09. The second kappa shape index (κ2) is 5.64. The number of nitrogens with two attached hydrogens (primary N) is 1. The molecule has 4 nitrogen and oxygen atoms in total. The summed E-state index contributed by atoms with van der Waals surface area (Å²) in [4.78, 5) is 4.89. The number of anilines is 1. The second-order valence-electron chi connectivity index (χ2n) is 6.28. The molecule has 0 unspecified atom stereocenters. The highest BCUT2D eigenvalue weighted by molar-refractivity contribution is 6.02. The summed E-state index contributed by atoms with van der Waals surface area (Å²) in [5, 5.41) is 18.2. The van der Waals surface area contributed by atoms with Gasteiger partial charge in [0.05, 0.1) is 16.9 Å². The molecule has 0 fully saturated rings. The second-order valence-corrected chi connectivity index (χ2v) is 6.28. The molecule has 0 saturated carbocycles. The van der Waals surface area contributed by atoms with Crippen LogP contribution in [0.1, 0.15) is 29.5 Å². The number of nitrogen functional groups attached to an aromatic ring is 1. The molecule has 1 aliphatic carbocycles. The first-order valence-electron chi connectivity index (χ1n) is 8.23. The number of nitrogens with one attached hydrogen (secondary N) is 1. The minimum Gasteiger partial charge on any atom is -0.508 e. The fourth-order valence-corrected chi connectivity index (χ4v) is 3.61. The lowest BCUT2D eigenvalue weighted by atomic mass is 9.86. The van der Waals surface area contributed by atoms with E-state index in [9.17, 15) is 5.11 Å². The van der Waals surface area contributed by atoms with Crippen molar-refractivity contribution in [2.75, 3.05) is 5.73 Å². The van der Waals surface area contributed by atoms with Crippen LogP contribution < -0.4 is 5.73 Å². The molecule has 0 aliphatic heterocycles. The third-order valence-electron chi connectivity index (χ3n) is 4.85. The molecule has 1 aromatic heterocycles. The Kier molecular flexibility index (Phi) is 3.45. The molecule has 0 atom stereocenters. The summed E-state index contributed by atoms with van der Waals surface area (Å²) in [5.41, 5.74) is 12.9. The Morgan fingerprint density at radius 2 is 1.71 bits per heavy atom. The molecular weight excluding hydrogens is 298 g/mol. The number of nitrogens with zero attached hydrogens (tertiary/aromatic N) is 1. The van der Waals surface area contributed by atoms with Crippen molar-refractivity contribution in [1.82, 2.24) is 4.98 Å². The van der Waals surface area contributed by atoms with Crippen molar-refractivity contribution in [1.29, 1.82) is 5.41 Å². The predicted octanol–water partition coefficient (Wildman–Crippen LogP) is 4.07. The Labute approximate surface area is 140 Å². The molecular formula is C20H19N3O. The number of rotatable bonds is 2. The third-order valence-corrected chi connectivity index (χ3v) is 4.85. The van der Waals surface area contributed by atoms with Crippen molar-refractivity contribution < 1.29 is 5.11 Å². The van der Waals surface area contributed by atoms with Crippen LogP contribution in [0.3, 0.4) is 0 Å². The highest BCUT2D eigenvalue weighted by Gasteiger charge is 2.20. The van der Waals surface area contributed by atoms with Gasteiger partial charge in [-0.05, 0) is 61.1 Å². The minimum atomic E-state index is 0.249. The molecule has 3 aromatic rings. The van der Waals surface area contributed by atoms with Crippen LogP contribution in [0.4, 0.5) is 5.69 Å². The lowest BCUT2D eigenvalue weighted by Gasteiger charge is -2.22. The molecule has 120 valence electrons. The van der Waals surface area contributed by atoms with Crippen molar-refractivity contribution in [3.63, 3.8) is 0 Å². The average Bonchev–Trinajstić information content (AvgIpc) is 2.62. The number of hydrogen-bond acceptors (Lipinski definition) is 4. The molecule has 4 N–H and O–H groups in total. The zero-order valence-electron chi connectivity index (χ0n) is 13.3. The van der Waals surface area contributed by atoms with E-state index >= 15 is 0 Å². The summed E-state index contributed by atoms with van der Waals surface area (Å²) >= 11 is 0. The van der Waals surface area contributed by atoms with Gasteiger partial charge in [0.25, 0.3) is 0 Å². The van der Waals surface area contributed by atoms with Crippen molar-refractivity contribution in [2.45, 2.75) is 25.7 Å². The molecule has 1 aliphatic rings. The number of aromatic nitrogens is 1. The first-order valence-corrected chi connectivity index (χ1v) is 8.23. The van der Waals surface area contributed by atoms with Gasteiger partial charge in [0.15, 0.2) is 0 Å². The molecule has 2 aromatic carbocycles. The number of pyridine rings is 1. The summed E-state index contributed by atoms with van der Waals surface area (Å²) in [6, 6.07) is 11.1. The maximum atomic E-state index is 9.56. The fourth-order valence-electron chi connectivity index (χ4n) is 3.61. The number of aryl methyl sites for hydroxylation is 1. The molecule has 24 heavy (non-hydrogen) atoms. The summed E-state index contributed by atoms with van der Waals surface area (Å²) in [6.07, 6.45) is 5.66. The average molecular weight is 317 g/mol. The Morgan fingerprint density at radius 3 is 2.42 bits per heavy atom. The Hall–Kier alpha value is -2.88. The standard InChI is InChI=1S/C20H19N3O/c21-11-13-7-10-17-15-3-1-2-4-16(15)19(23-20(17)18(13)22)12-5-8-14(24)9-6-12/h5-11,21,24H,1-4,22H2. The molecule has 4 heteroatoms. The smallest absolute Gasteiger partial charge is 0.115 e. The van der Waals surface area contributed by atoms with Gasteiger partial charge >= 0.3 is 0 Å².